The van der Waals surface area contributed by atoms with Gasteiger partial charge in [-0.05, 0) is 31.0 Å². The molecule has 0 aromatic heterocycles. The van der Waals surface area contributed by atoms with Crippen LogP contribution in [0.3, 0.4) is 0 Å². The number of piperazine rings is 1. The lowest BCUT2D eigenvalue weighted by Gasteiger charge is -2.38. The van der Waals surface area contributed by atoms with Gasteiger partial charge < -0.3 is 10.0 Å². The molecular formula is C16H23FN2O2. The van der Waals surface area contributed by atoms with Crippen LogP contribution in [0.2, 0.25) is 0 Å². The molecule has 1 saturated heterocycles. The summed E-state index contributed by atoms with van der Waals surface area (Å²) in [6, 6.07) is 7.11. The molecule has 1 unspecified atom stereocenters. The van der Waals surface area contributed by atoms with Crippen molar-refractivity contribution in [3.8, 4) is 0 Å². The van der Waals surface area contributed by atoms with Gasteiger partial charge in [-0.3, -0.25) is 9.69 Å². The normalized spacial score (nSPS) is 18.6. The second-order valence-electron chi connectivity index (χ2n) is 5.70. The van der Waals surface area contributed by atoms with Crippen molar-refractivity contribution in [2.75, 3.05) is 32.7 Å². The smallest absolute Gasteiger partial charge is 0.304 e. The number of hydrogen-bond acceptors (Lipinski definition) is 3. The van der Waals surface area contributed by atoms with Gasteiger partial charge in [-0.2, -0.15) is 0 Å². The van der Waals surface area contributed by atoms with Gasteiger partial charge >= 0.3 is 5.97 Å². The van der Waals surface area contributed by atoms with Crippen LogP contribution in [0.1, 0.15) is 18.9 Å². The molecule has 0 radical (unpaired) electrons. The van der Waals surface area contributed by atoms with Crippen LogP contribution in [-0.2, 0) is 11.2 Å². The summed E-state index contributed by atoms with van der Waals surface area (Å²) in [6.45, 7) is 6.58. The van der Waals surface area contributed by atoms with E-state index >= 15 is 0 Å². The first-order valence-corrected chi connectivity index (χ1v) is 7.47. The number of aliphatic carboxylic acids is 1. The zero-order valence-electron chi connectivity index (χ0n) is 12.5. The molecule has 21 heavy (non-hydrogen) atoms. The summed E-state index contributed by atoms with van der Waals surface area (Å²) in [6.07, 6.45) is 1.13. The number of halogens is 1. The summed E-state index contributed by atoms with van der Waals surface area (Å²) >= 11 is 0. The Kier molecular flexibility index (Phi) is 5.70. The van der Waals surface area contributed by atoms with Crippen molar-refractivity contribution in [1.82, 2.24) is 9.80 Å². The lowest BCUT2D eigenvalue weighted by molar-refractivity contribution is -0.137. The van der Waals surface area contributed by atoms with E-state index in [0.717, 1.165) is 38.2 Å². The maximum atomic E-state index is 12.9. The summed E-state index contributed by atoms with van der Waals surface area (Å²) in [5.41, 5.74) is 1.15. The Labute approximate surface area is 125 Å². The van der Waals surface area contributed by atoms with Gasteiger partial charge in [0.25, 0.3) is 0 Å². The molecule has 1 aromatic rings. The average Bonchev–Trinajstić information content (AvgIpc) is 2.48. The maximum absolute atomic E-state index is 12.9. The van der Waals surface area contributed by atoms with Crippen molar-refractivity contribution in [3.05, 3.63) is 35.6 Å². The summed E-state index contributed by atoms with van der Waals surface area (Å²) in [4.78, 5) is 15.2. The fourth-order valence-electron chi connectivity index (χ4n) is 2.77. The number of benzene rings is 1. The first-order valence-electron chi connectivity index (χ1n) is 7.47. The highest BCUT2D eigenvalue weighted by Crippen LogP contribution is 2.12. The summed E-state index contributed by atoms with van der Waals surface area (Å²) < 4.78 is 12.9. The second-order valence-corrected chi connectivity index (χ2v) is 5.70. The van der Waals surface area contributed by atoms with Crippen LogP contribution in [-0.4, -0.2) is 59.6 Å². The highest BCUT2D eigenvalue weighted by Gasteiger charge is 2.21. The third-order valence-electron chi connectivity index (χ3n) is 4.12. The minimum absolute atomic E-state index is 0.196. The first-order chi connectivity index (χ1) is 10.0. The third-order valence-corrected chi connectivity index (χ3v) is 4.12. The Morgan fingerprint density at radius 1 is 1.24 bits per heavy atom. The number of nitrogens with zero attached hydrogens (tertiary/aromatic N) is 2. The lowest BCUT2D eigenvalue weighted by atomic mass is 10.1. The minimum Gasteiger partial charge on any atom is -0.481 e. The fraction of sp³-hybridized carbons (Fsp3) is 0.562. The topological polar surface area (TPSA) is 43.8 Å². The van der Waals surface area contributed by atoms with Crippen LogP contribution in [0.25, 0.3) is 0 Å². The molecule has 4 nitrogen and oxygen atoms in total. The van der Waals surface area contributed by atoms with E-state index < -0.39 is 5.97 Å². The molecule has 1 fully saturated rings. The lowest BCUT2D eigenvalue weighted by Crippen LogP contribution is -2.50. The molecule has 5 heteroatoms. The molecule has 116 valence electrons. The van der Waals surface area contributed by atoms with Crippen molar-refractivity contribution >= 4 is 5.97 Å². The number of carboxylic acid groups (broad SMARTS) is 1. The summed E-state index contributed by atoms with van der Waals surface area (Å²) in [7, 11) is 0. The molecule has 0 bridgehead atoms. The zero-order valence-corrected chi connectivity index (χ0v) is 12.5. The number of hydrogen-bond donors (Lipinski definition) is 1. The number of rotatable bonds is 6. The highest BCUT2D eigenvalue weighted by atomic mass is 19.1. The summed E-state index contributed by atoms with van der Waals surface area (Å²) in [5, 5.41) is 8.70. The van der Waals surface area contributed by atoms with Gasteiger partial charge in [-0.25, -0.2) is 4.39 Å². The molecule has 1 atom stereocenters. The van der Waals surface area contributed by atoms with E-state index in [9.17, 15) is 9.18 Å². The van der Waals surface area contributed by atoms with Gasteiger partial charge in [0, 0.05) is 38.8 Å². The van der Waals surface area contributed by atoms with Gasteiger partial charge in [-0.15, -0.1) is 0 Å². The molecule has 0 aliphatic carbocycles. The predicted molar refractivity (Wildman–Crippen MR) is 79.8 cm³/mol. The SMILES string of the molecule is CC(Cc1ccc(F)cc1)N1CCN(CCC(=O)O)CC1. The Balaban J connectivity index is 1.76. The minimum atomic E-state index is -0.734. The van der Waals surface area contributed by atoms with E-state index in [2.05, 4.69) is 16.7 Å². The standard InChI is InChI=1S/C16H23FN2O2/c1-13(12-14-2-4-15(17)5-3-14)19-10-8-18(9-11-19)7-6-16(20)21/h2-5,13H,6-12H2,1H3,(H,20,21). The first kappa shape index (κ1) is 15.9. The van der Waals surface area contributed by atoms with Crippen molar-refractivity contribution in [1.29, 1.82) is 0 Å². The fourth-order valence-corrected chi connectivity index (χ4v) is 2.77. The van der Waals surface area contributed by atoms with Gasteiger partial charge in [0.15, 0.2) is 0 Å². The van der Waals surface area contributed by atoms with Crippen LogP contribution in [0.15, 0.2) is 24.3 Å². The Morgan fingerprint density at radius 2 is 1.86 bits per heavy atom. The van der Waals surface area contributed by atoms with Crippen molar-refractivity contribution < 1.29 is 14.3 Å². The number of carboxylic acids is 1. The molecule has 2 rings (SSSR count). The van der Waals surface area contributed by atoms with Crippen molar-refractivity contribution in [2.24, 2.45) is 0 Å². The van der Waals surface area contributed by atoms with Gasteiger partial charge in [0.1, 0.15) is 5.82 Å². The van der Waals surface area contributed by atoms with E-state index in [1.807, 2.05) is 12.1 Å². The van der Waals surface area contributed by atoms with Gasteiger partial charge in [0.05, 0.1) is 6.42 Å². The Morgan fingerprint density at radius 3 is 2.43 bits per heavy atom. The molecule has 0 saturated carbocycles. The monoisotopic (exact) mass is 294 g/mol. The molecule has 0 spiro atoms. The largest absolute Gasteiger partial charge is 0.481 e. The van der Waals surface area contributed by atoms with E-state index in [-0.39, 0.29) is 12.2 Å². The van der Waals surface area contributed by atoms with Crippen LogP contribution in [0, 0.1) is 5.82 Å². The second kappa shape index (κ2) is 7.52. The third kappa shape index (κ3) is 5.10. The van der Waals surface area contributed by atoms with Crippen molar-refractivity contribution in [2.45, 2.75) is 25.8 Å². The molecule has 1 heterocycles. The van der Waals surface area contributed by atoms with Crippen LogP contribution >= 0.6 is 0 Å². The van der Waals surface area contributed by atoms with Crippen LogP contribution < -0.4 is 0 Å². The maximum Gasteiger partial charge on any atom is 0.304 e. The van der Waals surface area contributed by atoms with Crippen LogP contribution in [0.4, 0.5) is 4.39 Å². The quantitative estimate of drug-likeness (QED) is 0.869. The van der Waals surface area contributed by atoms with E-state index in [0.29, 0.717) is 12.6 Å². The molecule has 1 aliphatic rings. The molecule has 1 aromatic carbocycles. The van der Waals surface area contributed by atoms with Crippen LogP contribution in [0.5, 0.6) is 0 Å². The van der Waals surface area contributed by atoms with Crippen molar-refractivity contribution in [3.63, 3.8) is 0 Å². The summed E-state index contributed by atoms with van der Waals surface area (Å²) in [5.74, 6) is -0.930. The van der Waals surface area contributed by atoms with Gasteiger partial charge in [-0.1, -0.05) is 12.1 Å². The molecule has 1 N–H and O–H groups in total. The molecule has 1 aliphatic heterocycles. The average molecular weight is 294 g/mol. The van der Waals surface area contributed by atoms with E-state index in [4.69, 9.17) is 5.11 Å². The predicted octanol–water partition coefficient (Wildman–Crippen LogP) is 1.85. The Bertz CT molecular complexity index is 456. The number of carbonyl (C=O) groups is 1. The molecule has 0 amide bonds. The zero-order chi connectivity index (χ0) is 15.2. The van der Waals surface area contributed by atoms with E-state index in [1.54, 1.807) is 0 Å². The highest BCUT2D eigenvalue weighted by molar-refractivity contribution is 5.66. The molecular weight excluding hydrogens is 271 g/mol. The van der Waals surface area contributed by atoms with E-state index in [1.165, 1.54) is 12.1 Å². The Hall–Kier alpha value is -1.46. The van der Waals surface area contributed by atoms with Gasteiger partial charge in [0.2, 0.25) is 0 Å².